The van der Waals surface area contributed by atoms with Crippen LogP contribution in [-0.2, 0) is 6.54 Å². The molecule has 3 nitrogen and oxygen atoms in total. The van der Waals surface area contributed by atoms with E-state index in [1.165, 1.54) is 38.5 Å². The first-order valence-corrected chi connectivity index (χ1v) is 7.87. The summed E-state index contributed by atoms with van der Waals surface area (Å²) in [6, 6.07) is 7.52. The van der Waals surface area contributed by atoms with Gasteiger partial charge in [-0.2, -0.15) is 0 Å². The van der Waals surface area contributed by atoms with Crippen LogP contribution in [0.3, 0.4) is 0 Å². The van der Waals surface area contributed by atoms with Crippen LogP contribution in [0.25, 0.3) is 0 Å². The van der Waals surface area contributed by atoms with Gasteiger partial charge < -0.3 is 11.1 Å². The van der Waals surface area contributed by atoms with Crippen molar-refractivity contribution in [3.8, 4) is 0 Å². The Morgan fingerprint density at radius 3 is 2.43 bits per heavy atom. The fourth-order valence-electron chi connectivity index (χ4n) is 2.96. The molecule has 2 rings (SSSR count). The Balaban J connectivity index is 0.00000220. The summed E-state index contributed by atoms with van der Waals surface area (Å²) in [6.07, 6.45) is 9.31. The molecule has 1 aliphatic carbocycles. The number of amides is 1. The van der Waals surface area contributed by atoms with Crippen LogP contribution in [0.5, 0.6) is 0 Å². The summed E-state index contributed by atoms with van der Waals surface area (Å²) in [7, 11) is 0. The van der Waals surface area contributed by atoms with Crippen LogP contribution in [0.4, 0.5) is 0 Å². The lowest BCUT2D eigenvalue weighted by atomic mass is 9.86. The molecule has 1 saturated carbocycles. The zero-order valence-corrected chi connectivity index (χ0v) is 13.5. The number of hydrogen-bond donors (Lipinski definition) is 2. The summed E-state index contributed by atoms with van der Waals surface area (Å²) in [4.78, 5) is 12.0. The van der Waals surface area contributed by atoms with Crippen LogP contribution >= 0.6 is 12.4 Å². The molecular weight excluding hydrogens is 284 g/mol. The van der Waals surface area contributed by atoms with Gasteiger partial charge in [0.25, 0.3) is 5.91 Å². The molecule has 0 radical (unpaired) electrons. The summed E-state index contributed by atoms with van der Waals surface area (Å²) in [5, 5.41) is 3.01. The van der Waals surface area contributed by atoms with Gasteiger partial charge in [-0.05, 0) is 36.5 Å². The minimum absolute atomic E-state index is 0. The van der Waals surface area contributed by atoms with E-state index in [0.29, 0.717) is 6.54 Å². The molecule has 1 aromatic carbocycles. The molecule has 0 spiro atoms. The van der Waals surface area contributed by atoms with Gasteiger partial charge in [0.1, 0.15) is 0 Å². The SMILES string of the molecule is Cl.NCc1ccc(C(=O)NCCCC2CCCCC2)cc1. The van der Waals surface area contributed by atoms with Crippen molar-refractivity contribution in [2.24, 2.45) is 11.7 Å². The van der Waals surface area contributed by atoms with E-state index in [1.54, 1.807) is 0 Å². The molecule has 1 aromatic rings. The molecular formula is C17H27ClN2O. The van der Waals surface area contributed by atoms with Gasteiger partial charge >= 0.3 is 0 Å². The maximum absolute atomic E-state index is 12.0. The highest BCUT2D eigenvalue weighted by atomic mass is 35.5. The maximum Gasteiger partial charge on any atom is 0.251 e. The van der Waals surface area contributed by atoms with Crippen molar-refractivity contribution in [2.75, 3.05) is 6.54 Å². The van der Waals surface area contributed by atoms with Gasteiger partial charge in [0.05, 0.1) is 0 Å². The molecule has 21 heavy (non-hydrogen) atoms. The van der Waals surface area contributed by atoms with E-state index in [-0.39, 0.29) is 18.3 Å². The Kier molecular flexibility index (Phi) is 8.40. The van der Waals surface area contributed by atoms with Gasteiger partial charge in [0, 0.05) is 18.7 Å². The Morgan fingerprint density at radius 2 is 1.81 bits per heavy atom. The highest BCUT2D eigenvalue weighted by molar-refractivity contribution is 5.94. The van der Waals surface area contributed by atoms with E-state index in [2.05, 4.69) is 5.32 Å². The van der Waals surface area contributed by atoms with Crippen LogP contribution in [0.15, 0.2) is 24.3 Å². The fourth-order valence-corrected chi connectivity index (χ4v) is 2.96. The highest BCUT2D eigenvalue weighted by Crippen LogP contribution is 2.26. The molecule has 0 aromatic heterocycles. The smallest absolute Gasteiger partial charge is 0.251 e. The molecule has 0 aliphatic heterocycles. The third kappa shape index (κ3) is 6.06. The number of benzene rings is 1. The minimum atomic E-state index is 0. The molecule has 0 bridgehead atoms. The molecule has 1 aliphatic rings. The third-order valence-electron chi connectivity index (χ3n) is 4.25. The largest absolute Gasteiger partial charge is 0.352 e. The lowest BCUT2D eigenvalue weighted by molar-refractivity contribution is 0.0952. The van der Waals surface area contributed by atoms with Crippen LogP contribution in [-0.4, -0.2) is 12.5 Å². The molecule has 0 saturated heterocycles. The lowest BCUT2D eigenvalue weighted by Gasteiger charge is -2.21. The Morgan fingerprint density at radius 1 is 1.14 bits per heavy atom. The topological polar surface area (TPSA) is 55.1 Å². The average molecular weight is 311 g/mol. The number of hydrogen-bond acceptors (Lipinski definition) is 2. The fraction of sp³-hybridized carbons (Fsp3) is 0.588. The van der Waals surface area contributed by atoms with E-state index in [1.807, 2.05) is 24.3 Å². The van der Waals surface area contributed by atoms with Crippen LogP contribution in [0.2, 0.25) is 0 Å². The minimum Gasteiger partial charge on any atom is -0.352 e. The monoisotopic (exact) mass is 310 g/mol. The van der Waals surface area contributed by atoms with E-state index >= 15 is 0 Å². The number of carbonyl (C=O) groups is 1. The average Bonchev–Trinajstić information content (AvgIpc) is 2.52. The molecule has 0 atom stereocenters. The second kappa shape index (κ2) is 9.80. The predicted molar refractivity (Wildman–Crippen MR) is 89.7 cm³/mol. The van der Waals surface area contributed by atoms with Crippen molar-refractivity contribution in [1.82, 2.24) is 5.32 Å². The normalized spacial score (nSPS) is 15.3. The van der Waals surface area contributed by atoms with E-state index in [4.69, 9.17) is 5.73 Å². The maximum atomic E-state index is 12.0. The molecule has 1 fully saturated rings. The summed E-state index contributed by atoms with van der Waals surface area (Å²) >= 11 is 0. The molecule has 3 N–H and O–H groups in total. The molecule has 1 amide bonds. The van der Waals surface area contributed by atoms with Gasteiger partial charge in [-0.25, -0.2) is 0 Å². The van der Waals surface area contributed by atoms with Gasteiger partial charge in [0.15, 0.2) is 0 Å². The number of nitrogens with two attached hydrogens (primary N) is 1. The molecule has 0 unspecified atom stereocenters. The second-order valence-electron chi connectivity index (χ2n) is 5.80. The summed E-state index contributed by atoms with van der Waals surface area (Å²) in [6.45, 7) is 1.30. The first-order valence-electron chi connectivity index (χ1n) is 7.87. The third-order valence-corrected chi connectivity index (χ3v) is 4.25. The van der Waals surface area contributed by atoms with Crippen LogP contribution in [0, 0.1) is 5.92 Å². The van der Waals surface area contributed by atoms with Crippen LogP contribution in [0.1, 0.15) is 60.9 Å². The Bertz CT molecular complexity index is 413. The first-order chi connectivity index (χ1) is 9.79. The van der Waals surface area contributed by atoms with Crippen molar-refractivity contribution >= 4 is 18.3 Å². The summed E-state index contributed by atoms with van der Waals surface area (Å²) in [5.41, 5.74) is 7.32. The summed E-state index contributed by atoms with van der Waals surface area (Å²) in [5.74, 6) is 0.918. The van der Waals surface area contributed by atoms with Gasteiger partial charge in [-0.3, -0.25) is 4.79 Å². The first kappa shape index (κ1) is 18.0. The van der Waals surface area contributed by atoms with E-state index in [9.17, 15) is 4.79 Å². The molecule has 118 valence electrons. The van der Waals surface area contributed by atoms with Gasteiger partial charge in [0.2, 0.25) is 0 Å². The number of nitrogens with one attached hydrogen (secondary N) is 1. The number of carbonyl (C=O) groups excluding carboxylic acids is 1. The Hall–Kier alpha value is -1.06. The highest BCUT2D eigenvalue weighted by Gasteiger charge is 2.12. The Labute approximate surface area is 134 Å². The number of rotatable bonds is 6. The van der Waals surface area contributed by atoms with Crippen molar-refractivity contribution in [3.63, 3.8) is 0 Å². The quantitative estimate of drug-likeness (QED) is 0.788. The van der Waals surface area contributed by atoms with Gasteiger partial charge in [-0.15, -0.1) is 12.4 Å². The van der Waals surface area contributed by atoms with Crippen molar-refractivity contribution in [2.45, 2.75) is 51.5 Å². The van der Waals surface area contributed by atoms with Gasteiger partial charge in [-0.1, -0.05) is 44.2 Å². The standard InChI is InChI=1S/C17H26N2O.ClH/c18-13-15-8-10-16(11-9-15)17(20)19-12-4-7-14-5-2-1-3-6-14;/h8-11,14H,1-7,12-13,18H2,(H,19,20);1H. The molecule has 4 heteroatoms. The van der Waals surface area contributed by atoms with E-state index < -0.39 is 0 Å². The molecule has 0 heterocycles. The number of halogens is 1. The zero-order chi connectivity index (χ0) is 14.2. The van der Waals surface area contributed by atoms with Crippen molar-refractivity contribution < 1.29 is 4.79 Å². The van der Waals surface area contributed by atoms with Crippen molar-refractivity contribution in [1.29, 1.82) is 0 Å². The van der Waals surface area contributed by atoms with E-state index in [0.717, 1.165) is 30.0 Å². The zero-order valence-electron chi connectivity index (χ0n) is 12.6. The second-order valence-corrected chi connectivity index (χ2v) is 5.80. The van der Waals surface area contributed by atoms with Crippen LogP contribution < -0.4 is 11.1 Å². The predicted octanol–water partition coefficient (Wildman–Crippen LogP) is 3.66. The lowest BCUT2D eigenvalue weighted by Crippen LogP contribution is -2.25. The van der Waals surface area contributed by atoms with Crippen molar-refractivity contribution in [3.05, 3.63) is 35.4 Å². The summed E-state index contributed by atoms with van der Waals surface area (Å²) < 4.78 is 0.